The molecule has 0 aromatic heterocycles. The molecule has 1 rings (SSSR count). The highest BCUT2D eigenvalue weighted by molar-refractivity contribution is 5.17. The first-order valence-electron chi connectivity index (χ1n) is 4.65. The molecule has 0 aliphatic carbocycles. The van der Waals surface area contributed by atoms with E-state index in [2.05, 4.69) is 0 Å². The lowest BCUT2D eigenvalue weighted by Crippen LogP contribution is -2.10. The van der Waals surface area contributed by atoms with Crippen molar-refractivity contribution < 1.29 is 9.50 Å². The van der Waals surface area contributed by atoms with Gasteiger partial charge in [-0.05, 0) is 18.1 Å². The molecule has 0 fully saturated rings. The van der Waals surface area contributed by atoms with Crippen LogP contribution in [0.4, 0.5) is 4.39 Å². The van der Waals surface area contributed by atoms with Crippen LogP contribution in [0.25, 0.3) is 0 Å². The molecule has 1 aromatic carbocycles. The molecule has 0 radical (unpaired) electrons. The molecule has 1 N–H and O–H groups in total. The Bertz CT molecular complexity index is 260. The van der Waals surface area contributed by atoms with Crippen molar-refractivity contribution in [3.63, 3.8) is 0 Å². The Morgan fingerprint density at radius 2 is 2.08 bits per heavy atom. The summed E-state index contributed by atoms with van der Waals surface area (Å²) in [5, 5.41) is 9.46. The largest absolute Gasteiger partial charge is 0.393 e. The van der Waals surface area contributed by atoms with E-state index in [9.17, 15) is 9.50 Å². The lowest BCUT2D eigenvalue weighted by atomic mass is 10.0. The second-order valence-electron chi connectivity index (χ2n) is 3.24. The fraction of sp³-hybridized carbons (Fsp3) is 0.455. The Morgan fingerprint density at radius 1 is 1.38 bits per heavy atom. The van der Waals surface area contributed by atoms with Crippen molar-refractivity contribution >= 4 is 0 Å². The van der Waals surface area contributed by atoms with E-state index in [0.29, 0.717) is 12.0 Å². The molecule has 13 heavy (non-hydrogen) atoms. The van der Waals surface area contributed by atoms with Gasteiger partial charge in [0.2, 0.25) is 0 Å². The average Bonchev–Trinajstić information content (AvgIpc) is 2.09. The zero-order valence-electron chi connectivity index (χ0n) is 7.83. The van der Waals surface area contributed by atoms with Gasteiger partial charge in [0.05, 0.1) is 6.10 Å². The van der Waals surface area contributed by atoms with Gasteiger partial charge in [0.1, 0.15) is 5.82 Å². The van der Waals surface area contributed by atoms with Gasteiger partial charge >= 0.3 is 0 Å². The van der Waals surface area contributed by atoms with Gasteiger partial charge < -0.3 is 5.11 Å². The SMILES string of the molecule is CCCC(O)Cc1ccccc1F. The average molecular weight is 182 g/mol. The third-order valence-electron chi connectivity index (χ3n) is 2.04. The van der Waals surface area contributed by atoms with Crippen LogP contribution in [-0.4, -0.2) is 11.2 Å². The van der Waals surface area contributed by atoms with Crippen LogP contribution in [0.5, 0.6) is 0 Å². The predicted octanol–water partition coefficient (Wildman–Crippen LogP) is 2.53. The summed E-state index contributed by atoms with van der Waals surface area (Å²) < 4.78 is 13.1. The van der Waals surface area contributed by atoms with Crippen LogP contribution >= 0.6 is 0 Å². The van der Waals surface area contributed by atoms with Crippen LogP contribution in [0.3, 0.4) is 0 Å². The van der Waals surface area contributed by atoms with E-state index in [4.69, 9.17) is 0 Å². The first-order valence-corrected chi connectivity index (χ1v) is 4.65. The summed E-state index contributed by atoms with van der Waals surface area (Å²) >= 11 is 0. The molecule has 2 heteroatoms. The van der Waals surface area contributed by atoms with Crippen molar-refractivity contribution in [2.24, 2.45) is 0 Å². The van der Waals surface area contributed by atoms with E-state index in [1.807, 2.05) is 6.92 Å². The van der Waals surface area contributed by atoms with Gasteiger partial charge in [0, 0.05) is 6.42 Å². The molecular weight excluding hydrogens is 167 g/mol. The van der Waals surface area contributed by atoms with Crippen LogP contribution in [0.2, 0.25) is 0 Å². The Balaban J connectivity index is 2.58. The number of benzene rings is 1. The van der Waals surface area contributed by atoms with Crippen molar-refractivity contribution in [3.8, 4) is 0 Å². The lowest BCUT2D eigenvalue weighted by Gasteiger charge is -2.09. The molecule has 0 heterocycles. The van der Waals surface area contributed by atoms with Crippen molar-refractivity contribution in [1.82, 2.24) is 0 Å². The first-order chi connectivity index (χ1) is 6.24. The molecule has 72 valence electrons. The minimum atomic E-state index is -0.415. The number of halogens is 1. The predicted molar refractivity (Wildman–Crippen MR) is 51.0 cm³/mol. The maximum Gasteiger partial charge on any atom is 0.126 e. The molecule has 0 aliphatic heterocycles. The van der Waals surface area contributed by atoms with E-state index in [0.717, 1.165) is 12.8 Å². The van der Waals surface area contributed by atoms with E-state index in [1.54, 1.807) is 18.2 Å². The molecule has 0 amide bonds. The number of rotatable bonds is 4. The zero-order chi connectivity index (χ0) is 9.68. The fourth-order valence-corrected chi connectivity index (χ4v) is 1.35. The summed E-state index contributed by atoms with van der Waals surface area (Å²) in [4.78, 5) is 0. The van der Waals surface area contributed by atoms with Gasteiger partial charge in [0.15, 0.2) is 0 Å². The number of hydrogen-bond acceptors (Lipinski definition) is 1. The topological polar surface area (TPSA) is 20.2 Å². The molecule has 1 aromatic rings. The standard InChI is InChI=1S/C11H15FO/c1-2-5-10(13)8-9-6-3-4-7-11(9)12/h3-4,6-7,10,13H,2,5,8H2,1H3. The van der Waals surface area contributed by atoms with Crippen LogP contribution in [0.1, 0.15) is 25.3 Å². The second kappa shape index (κ2) is 4.97. The van der Waals surface area contributed by atoms with Gasteiger partial charge in [-0.2, -0.15) is 0 Å². The molecule has 1 nitrogen and oxygen atoms in total. The van der Waals surface area contributed by atoms with Gasteiger partial charge in [-0.25, -0.2) is 4.39 Å². The third-order valence-corrected chi connectivity index (χ3v) is 2.04. The highest BCUT2D eigenvalue weighted by Crippen LogP contribution is 2.11. The number of aliphatic hydroxyl groups excluding tert-OH is 1. The van der Waals surface area contributed by atoms with Gasteiger partial charge in [-0.3, -0.25) is 0 Å². The Morgan fingerprint density at radius 3 is 2.69 bits per heavy atom. The maximum atomic E-state index is 13.1. The Labute approximate surface area is 78.2 Å². The normalized spacial score (nSPS) is 12.8. The highest BCUT2D eigenvalue weighted by Gasteiger charge is 2.07. The minimum absolute atomic E-state index is 0.224. The summed E-state index contributed by atoms with van der Waals surface area (Å²) in [6.07, 6.45) is 1.66. The first kappa shape index (κ1) is 10.2. The summed E-state index contributed by atoms with van der Waals surface area (Å²) in [6, 6.07) is 6.59. The Kier molecular flexibility index (Phi) is 3.90. The highest BCUT2D eigenvalue weighted by atomic mass is 19.1. The second-order valence-corrected chi connectivity index (χ2v) is 3.24. The minimum Gasteiger partial charge on any atom is -0.393 e. The van der Waals surface area contributed by atoms with Crippen molar-refractivity contribution in [2.45, 2.75) is 32.3 Å². The lowest BCUT2D eigenvalue weighted by molar-refractivity contribution is 0.162. The number of hydrogen-bond donors (Lipinski definition) is 1. The van der Waals surface area contributed by atoms with E-state index < -0.39 is 6.10 Å². The van der Waals surface area contributed by atoms with E-state index in [1.165, 1.54) is 6.07 Å². The van der Waals surface area contributed by atoms with Crippen molar-refractivity contribution in [1.29, 1.82) is 0 Å². The molecule has 0 saturated heterocycles. The molecule has 0 spiro atoms. The maximum absolute atomic E-state index is 13.1. The molecule has 1 atom stereocenters. The van der Waals surface area contributed by atoms with Gasteiger partial charge in [-0.1, -0.05) is 31.5 Å². The summed E-state index contributed by atoms with van der Waals surface area (Å²) in [5.41, 5.74) is 0.600. The smallest absolute Gasteiger partial charge is 0.126 e. The van der Waals surface area contributed by atoms with E-state index >= 15 is 0 Å². The van der Waals surface area contributed by atoms with Crippen LogP contribution in [0, 0.1) is 5.82 Å². The molecule has 0 aliphatic rings. The Hall–Kier alpha value is -0.890. The summed E-state index contributed by atoms with van der Waals surface area (Å²) in [7, 11) is 0. The fourth-order valence-electron chi connectivity index (χ4n) is 1.35. The molecule has 0 saturated carbocycles. The van der Waals surface area contributed by atoms with Crippen molar-refractivity contribution in [3.05, 3.63) is 35.6 Å². The van der Waals surface area contributed by atoms with Crippen LogP contribution < -0.4 is 0 Å². The molecule has 1 unspecified atom stereocenters. The zero-order valence-corrected chi connectivity index (χ0v) is 7.83. The molecular formula is C11H15FO. The van der Waals surface area contributed by atoms with Crippen LogP contribution in [0.15, 0.2) is 24.3 Å². The van der Waals surface area contributed by atoms with E-state index in [-0.39, 0.29) is 5.82 Å². The van der Waals surface area contributed by atoms with Gasteiger partial charge in [-0.15, -0.1) is 0 Å². The third kappa shape index (κ3) is 3.15. The number of aliphatic hydroxyl groups is 1. The van der Waals surface area contributed by atoms with Gasteiger partial charge in [0.25, 0.3) is 0 Å². The quantitative estimate of drug-likeness (QED) is 0.758. The summed E-state index contributed by atoms with van der Waals surface area (Å²) in [6.45, 7) is 2.00. The summed E-state index contributed by atoms with van der Waals surface area (Å²) in [5.74, 6) is -0.224. The van der Waals surface area contributed by atoms with Crippen LogP contribution in [-0.2, 0) is 6.42 Å². The molecule has 0 bridgehead atoms. The van der Waals surface area contributed by atoms with Crippen molar-refractivity contribution in [2.75, 3.05) is 0 Å². The monoisotopic (exact) mass is 182 g/mol.